The van der Waals surface area contributed by atoms with Gasteiger partial charge in [-0.1, -0.05) is 18.2 Å². The number of hydrogen-bond acceptors (Lipinski definition) is 5. The van der Waals surface area contributed by atoms with Crippen LogP contribution in [0.4, 0.5) is 5.82 Å². The van der Waals surface area contributed by atoms with E-state index in [0.717, 1.165) is 42.8 Å². The van der Waals surface area contributed by atoms with Gasteiger partial charge < -0.3 is 20.3 Å². The van der Waals surface area contributed by atoms with Crippen molar-refractivity contribution in [3.05, 3.63) is 54.2 Å². The van der Waals surface area contributed by atoms with Crippen LogP contribution < -0.4 is 20.3 Å². The van der Waals surface area contributed by atoms with Crippen LogP contribution in [0.25, 0.3) is 0 Å². The van der Waals surface area contributed by atoms with Gasteiger partial charge in [-0.3, -0.25) is 9.59 Å². The summed E-state index contributed by atoms with van der Waals surface area (Å²) in [6, 6.07) is 13.9. The minimum Gasteiger partial charge on any atom is -0.492 e. The lowest BCUT2D eigenvalue weighted by Crippen LogP contribution is -2.43. The predicted octanol–water partition coefficient (Wildman–Crippen LogP) is 2.31. The van der Waals surface area contributed by atoms with E-state index in [-0.39, 0.29) is 23.9 Å². The predicted molar refractivity (Wildman–Crippen MR) is 119 cm³/mol. The maximum absolute atomic E-state index is 12.6. The van der Waals surface area contributed by atoms with Crippen LogP contribution >= 0.6 is 0 Å². The highest BCUT2D eigenvalue weighted by atomic mass is 16.5. The maximum atomic E-state index is 12.6. The number of rotatable bonds is 11. The summed E-state index contributed by atoms with van der Waals surface area (Å²) in [5.41, 5.74) is 0.944. The minimum absolute atomic E-state index is 0.168. The van der Waals surface area contributed by atoms with E-state index in [1.54, 1.807) is 6.20 Å². The Bertz CT molecular complexity index is 853. The molecular formula is C24H30N4O3. The van der Waals surface area contributed by atoms with Crippen LogP contribution in [0, 0.1) is 5.92 Å². The van der Waals surface area contributed by atoms with E-state index in [9.17, 15) is 9.59 Å². The number of nitrogens with zero attached hydrogens (tertiary/aromatic N) is 2. The number of aromatic nitrogens is 1. The number of likely N-dealkylation sites (N-methyl/N-ethyl adjacent to an activating group) is 1. The molecule has 164 valence electrons. The zero-order valence-corrected chi connectivity index (χ0v) is 17.9. The summed E-state index contributed by atoms with van der Waals surface area (Å²) >= 11 is 0. The zero-order chi connectivity index (χ0) is 21.6. The molecule has 0 bridgehead atoms. The first-order chi connectivity index (χ1) is 15.1. The molecule has 2 fully saturated rings. The number of nitrogens with one attached hydrogen (secondary N) is 2. The van der Waals surface area contributed by atoms with Crippen molar-refractivity contribution in [3.8, 4) is 5.75 Å². The first-order valence-electron chi connectivity index (χ1n) is 11.0. The van der Waals surface area contributed by atoms with Crippen LogP contribution in [0.2, 0.25) is 0 Å². The quantitative estimate of drug-likeness (QED) is 0.543. The molecule has 2 aliphatic rings. The Kier molecular flexibility index (Phi) is 6.70. The highest BCUT2D eigenvalue weighted by Gasteiger charge is 2.34. The summed E-state index contributed by atoms with van der Waals surface area (Å²) in [6.45, 7) is 1.24. The monoisotopic (exact) mass is 422 g/mol. The third kappa shape index (κ3) is 6.44. The van der Waals surface area contributed by atoms with Crippen molar-refractivity contribution in [2.75, 3.05) is 25.1 Å². The van der Waals surface area contributed by atoms with E-state index >= 15 is 0 Å². The molecule has 2 saturated carbocycles. The molecule has 0 radical (unpaired) electrons. The summed E-state index contributed by atoms with van der Waals surface area (Å²) in [6.07, 6.45) is 6.18. The van der Waals surface area contributed by atoms with Gasteiger partial charge in [-0.15, -0.1) is 0 Å². The highest BCUT2D eigenvalue weighted by Crippen LogP contribution is 2.23. The number of anilines is 1. The first-order valence-corrected chi connectivity index (χ1v) is 11.0. The SMILES string of the molecule is CN(CCOc1ccc(CC(C(=O)NC2CC2)C(=O)NC2CC2)cc1)c1ccccn1. The van der Waals surface area contributed by atoms with Crippen LogP contribution in [0.3, 0.4) is 0 Å². The van der Waals surface area contributed by atoms with E-state index in [1.807, 2.05) is 54.4 Å². The Morgan fingerprint density at radius 3 is 2.23 bits per heavy atom. The van der Waals surface area contributed by atoms with Gasteiger partial charge in [0.25, 0.3) is 0 Å². The lowest BCUT2D eigenvalue weighted by molar-refractivity contribution is -0.135. The van der Waals surface area contributed by atoms with E-state index < -0.39 is 5.92 Å². The van der Waals surface area contributed by atoms with Crippen molar-refractivity contribution < 1.29 is 14.3 Å². The van der Waals surface area contributed by atoms with E-state index in [4.69, 9.17) is 4.74 Å². The molecular weight excluding hydrogens is 392 g/mol. The largest absolute Gasteiger partial charge is 0.492 e. The number of amides is 2. The van der Waals surface area contributed by atoms with Crippen LogP contribution in [0.15, 0.2) is 48.7 Å². The number of carbonyl (C=O) groups excluding carboxylic acids is 2. The van der Waals surface area contributed by atoms with E-state index in [0.29, 0.717) is 19.6 Å². The second-order valence-electron chi connectivity index (χ2n) is 8.42. The number of benzene rings is 1. The molecule has 4 rings (SSSR count). The van der Waals surface area contributed by atoms with Gasteiger partial charge in [0, 0.05) is 25.3 Å². The van der Waals surface area contributed by atoms with E-state index in [1.165, 1.54) is 0 Å². The van der Waals surface area contributed by atoms with Gasteiger partial charge in [0.15, 0.2) is 0 Å². The molecule has 0 spiro atoms. The number of ether oxygens (including phenoxy) is 1. The Hall–Kier alpha value is -3.09. The topological polar surface area (TPSA) is 83.6 Å². The molecule has 2 aliphatic carbocycles. The summed E-state index contributed by atoms with van der Waals surface area (Å²) in [5, 5.41) is 5.96. The molecule has 0 saturated heterocycles. The fourth-order valence-corrected chi connectivity index (χ4v) is 3.32. The van der Waals surface area contributed by atoms with Crippen molar-refractivity contribution in [1.82, 2.24) is 15.6 Å². The lowest BCUT2D eigenvalue weighted by Gasteiger charge is -2.18. The molecule has 7 heteroatoms. The van der Waals surface area contributed by atoms with Crippen molar-refractivity contribution >= 4 is 17.6 Å². The molecule has 2 N–H and O–H groups in total. The van der Waals surface area contributed by atoms with Crippen molar-refractivity contribution in [2.45, 2.75) is 44.2 Å². The van der Waals surface area contributed by atoms with Gasteiger partial charge >= 0.3 is 0 Å². The first kappa shape index (κ1) is 21.2. The molecule has 7 nitrogen and oxygen atoms in total. The Morgan fingerprint density at radius 2 is 1.68 bits per heavy atom. The Balaban J connectivity index is 1.29. The fourth-order valence-electron chi connectivity index (χ4n) is 3.32. The van der Waals surface area contributed by atoms with E-state index in [2.05, 4.69) is 15.6 Å². The van der Waals surface area contributed by atoms with Crippen LogP contribution in [0.5, 0.6) is 5.75 Å². The van der Waals surface area contributed by atoms with Gasteiger partial charge in [-0.05, 0) is 61.9 Å². The average molecular weight is 423 g/mol. The smallest absolute Gasteiger partial charge is 0.233 e. The zero-order valence-electron chi connectivity index (χ0n) is 17.9. The summed E-state index contributed by atoms with van der Waals surface area (Å²) in [4.78, 5) is 31.6. The fraction of sp³-hybridized carbons (Fsp3) is 0.458. The minimum atomic E-state index is -0.694. The second-order valence-corrected chi connectivity index (χ2v) is 8.42. The van der Waals surface area contributed by atoms with Crippen LogP contribution in [-0.4, -0.2) is 49.1 Å². The van der Waals surface area contributed by atoms with Crippen LogP contribution in [0.1, 0.15) is 31.2 Å². The molecule has 0 unspecified atom stereocenters. The number of hydrogen-bond donors (Lipinski definition) is 2. The van der Waals surface area contributed by atoms with Gasteiger partial charge in [-0.2, -0.15) is 0 Å². The summed E-state index contributed by atoms with van der Waals surface area (Å²) in [7, 11) is 1.98. The molecule has 1 heterocycles. The third-order valence-electron chi connectivity index (χ3n) is 5.58. The third-order valence-corrected chi connectivity index (χ3v) is 5.58. The Labute approximate surface area is 183 Å². The Morgan fingerprint density at radius 1 is 1.03 bits per heavy atom. The summed E-state index contributed by atoms with van der Waals surface area (Å²) < 4.78 is 5.85. The second kappa shape index (κ2) is 9.81. The molecule has 31 heavy (non-hydrogen) atoms. The summed E-state index contributed by atoms with van der Waals surface area (Å²) in [5.74, 6) is 0.637. The average Bonchev–Trinajstić information content (AvgIpc) is 3.71. The molecule has 0 aliphatic heterocycles. The van der Waals surface area contributed by atoms with Gasteiger partial charge in [0.1, 0.15) is 24.1 Å². The molecule has 0 atom stereocenters. The maximum Gasteiger partial charge on any atom is 0.233 e. The van der Waals surface area contributed by atoms with Crippen molar-refractivity contribution in [2.24, 2.45) is 5.92 Å². The number of pyridine rings is 1. The lowest BCUT2D eigenvalue weighted by atomic mass is 9.97. The normalized spacial score (nSPS) is 15.4. The van der Waals surface area contributed by atoms with Crippen LogP contribution in [-0.2, 0) is 16.0 Å². The highest BCUT2D eigenvalue weighted by molar-refractivity contribution is 6.01. The molecule has 1 aromatic carbocycles. The molecule has 2 amide bonds. The van der Waals surface area contributed by atoms with Crippen molar-refractivity contribution in [3.63, 3.8) is 0 Å². The van der Waals surface area contributed by atoms with Gasteiger partial charge in [-0.25, -0.2) is 4.98 Å². The molecule has 2 aromatic rings. The van der Waals surface area contributed by atoms with Gasteiger partial charge in [0.05, 0.1) is 6.54 Å². The van der Waals surface area contributed by atoms with Crippen molar-refractivity contribution in [1.29, 1.82) is 0 Å². The van der Waals surface area contributed by atoms with Gasteiger partial charge in [0.2, 0.25) is 11.8 Å². The standard InChI is InChI=1S/C24H30N4O3/c1-28(22-4-2-3-13-25-22)14-15-31-20-11-5-17(6-12-20)16-21(23(29)26-18-7-8-18)24(30)27-19-9-10-19/h2-6,11-13,18-19,21H,7-10,14-16H2,1H3,(H,26,29)(H,27,30). The molecule has 1 aromatic heterocycles. The number of carbonyl (C=O) groups is 2.